The zero-order valence-electron chi connectivity index (χ0n) is 13.2. The Bertz CT molecular complexity index is 351. The van der Waals surface area contributed by atoms with E-state index in [4.69, 9.17) is 0 Å². The molecule has 1 N–H and O–H groups in total. The van der Waals surface area contributed by atoms with Gasteiger partial charge in [0.05, 0.1) is 0 Å². The third kappa shape index (κ3) is 7.01. The number of rotatable bonds is 10. The van der Waals surface area contributed by atoms with E-state index in [0.29, 0.717) is 6.04 Å². The van der Waals surface area contributed by atoms with Crippen molar-refractivity contribution in [2.24, 2.45) is 0 Å². The largest absolute Gasteiger partial charge is 0.314 e. The van der Waals surface area contributed by atoms with E-state index in [1.165, 1.54) is 43.4 Å². The molecule has 0 heterocycles. The maximum Gasteiger partial charge on any atom is 0.123 e. The van der Waals surface area contributed by atoms with E-state index in [2.05, 4.69) is 31.1 Å². The number of halogens is 1. The van der Waals surface area contributed by atoms with Gasteiger partial charge in [-0.15, -0.1) is 0 Å². The Labute approximate surface area is 123 Å². The van der Waals surface area contributed by atoms with Gasteiger partial charge in [-0.25, -0.2) is 4.39 Å². The van der Waals surface area contributed by atoms with E-state index < -0.39 is 0 Å². The lowest BCUT2D eigenvalue weighted by atomic mass is 10.1. The highest BCUT2D eigenvalue weighted by Crippen LogP contribution is 2.08. The molecule has 0 saturated heterocycles. The molecule has 0 bridgehead atoms. The summed E-state index contributed by atoms with van der Waals surface area (Å²) in [7, 11) is 2.13. The van der Waals surface area contributed by atoms with Crippen LogP contribution in [0, 0.1) is 5.82 Å². The molecule has 0 spiro atoms. The summed E-state index contributed by atoms with van der Waals surface area (Å²) < 4.78 is 12.8. The van der Waals surface area contributed by atoms with Crippen molar-refractivity contribution in [3.8, 4) is 0 Å². The first-order chi connectivity index (χ1) is 9.65. The Balaban J connectivity index is 2.22. The number of nitrogens with one attached hydrogen (secondary N) is 1. The molecule has 0 radical (unpaired) electrons. The van der Waals surface area contributed by atoms with Crippen LogP contribution >= 0.6 is 0 Å². The van der Waals surface area contributed by atoms with Gasteiger partial charge in [0.15, 0.2) is 0 Å². The van der Waals surface area contributed by atoms with Crippen LogP contribution in [0.15, 0.2) is 24.3 Å². The molecule has 0 amide bonds. The molecule has 1 atom stereocenters. The van der Waals surface area contributed by atoms with Crippen molar-refractivity contribution in [2.45, 2.75) is 52.1 Å². The SMILES string of the molecule is CCCNC(CC)CCCN(C)Cc1ccc(F)cc1. The zero-order chi connectivity index (χ0) is 14.8. The summed E-state index contributed by atoms with van der Waals surface area (Å²) in [5.41, 5.74) is 1.17. The topological polar surface area (TPSA) is 15.3 Å². The first-order valence-electron chi connectivity index (χ1n) is 7.82. The van der Waals surface area contributed by atoms with Crippen molar-refractivity contribution in [1.29, 1.82) is 0 Å². The minimum Gasteiger partial charge on any atom is -0.314 e. The third-order valence-corrected chi connectivity index (χ3v) is 3.63. The molecule has 0 fully saturated rings. The lowest BCUT2D eigenvalue weighted by Crippen LogP contribution is -2.30. The van der Waals surface area contributed by atoms with Crippen LogP contribution in [-0.4, -0.2) is 31.1 Å². The Kier molecular flexibility index (Phi) is 8.47. The second-order valence-electron chi connectivity index (χ2n) is 5.57. The van der Waals surface area contributed by atoms with E-state index in [1.54, 1.807) is 0 Å². The maximum atomic E-state index is 12.8. The second kappa shape index (κ2) is 9.89. The van der Waals surface area contributed by atoms with Crippen LogP contribution in [0.3, 0.4) is 0 Å². The van der Waals surface area contributed by atoms with E-state index in [-0.39, 0.29) is 5.82 Å². The van der Waals surface area contributed by atoms with Crippen LogP contribution in [-0.2, 0) is 6.54 Å². The predicted molar refractivity (Wildman–Crippen MR) is 84.3 cm³/mol. The summed E-state index contributed by atoms with van der Waals surface area (Å²) in [6, 6.07) is 7.44. The summed E-state index contributed by atoms with van der Waals surface area (Å²) >= 11 is 0. The smallest absolute Gasteiger partial charge is 0.123 e. The third-order valence-electron chi connectivity index (χ3n) is 3.63. The van der Waals surface area contributed by atoms with Gasteiger partial charge in [-0.3, -0.25) is 0 Å². The number of hydrogen-bond acceptors (Lipinski definition) is 2. The molecule has 1 unspecified atom stereocenters. The van der Waals surface area contributed by atoms with Crippen molar-refractivity contribution < 1.29 is 4.39 Å². The fourth-order valence-electron chi connectivity index (χ4n) is 2.39. The van der Waals surface area contributed by atoms with Gasteiger partial charge in [0.1, 0.15) is 5.82 Å². The molecular weight excluding hydrogens is 251 g/mol. The zero-order valence-corrected chi connectivity index (χ0v) is 13.2. The van der Waals surface area contributed by atoms with Crippen molar-refractivity contribution in [3.63, 3.8) is 0 Å². The second-order valence-corrected chi connectivity index (χ2v) is 5.57. The fraction of sp³-hybridized carbons (Fsp3) is 0.647. The van der Waals surface area contributed by atoms with Gasteiger partial charge in [-0.2, -0.15) is 0 Å². The molecule has 0 aliphatic rings. The normalized spacial score (nSPS) is 12.8. The lowest BCUT2D eigenvalue weighted by Gasteiger charge is -2.20. The molecule has 0 saturated carbocycles. The van der Waals surface area contributed by atoms with Crippen LogP contribution in [0.5, 0.6) is 0 Å². The average Bonchev–Trinajstić information content (AvgIpc) is 2.45. The molecule has 1 rings (SSSR count). The summed E-state index contributed by atoms with van der Waals surface area (Å²) in [5, 5.41) is 3.59. The average molecular weight is 280 g/mol. The van der Waals surface area contributed by atoms with Gasteiger partial charge in [0, 0.05) is 12.6 Å². The highest BCUT2D eigenvalue weighted by atomic mass is 19.1. The summed E-state index contributed by atoms with van der Waals surface area (Å²) in [6.45, 7) is 7.54. The van der Waals surface area contributed by atoms with E-state index in [9.17, 15) is 4.39 Å². The van der Waals surface area contributed by atoms with E-state index >= 15 is 0 Å². The molecular formula is C17H29FN2. The first kappa shape index (κ1) is 17.1. The molecule has 3 heteroatoms. The molecule has 0 aliphatic heterocycles. The van der Waals surface area contributed by atoms with Gasteiger partial charge >= 0.3 is 0 Å². The quantitative estimate of drug-likeness (QED) is 0.701. The molecule has 1 aromatic carbocycles. The minimum absolute atomic E-state index is 0.163. The highest BCUT2D eigenvalue weighted by molar-refractivity contribution is 5.15. The molecule has 0 aromatic heterocycles. The summed E-state index contributed by atoms with van der Waals surface area (Å²) in [5.74, 6) is -0.163. The van der Waals surface area contributed by atoms with Gasteiger partial charge in [0.2, 0.25) is 0 Å². The Morgan fingerprint density at radius 1 is 1.20 bits per heavy atom. The van der Waals surface area contributed by atoms with Gasteiger partial charge in [-0.05, 0) is 63.5 Å². The number of benzene rings is 1. The fourth-order valence-corrected chi connectivity index (χ4v) is 2.39. The molecule has 2 nitrogen and oxygen atoms in total. The molecule has 1 aromatic rings. The van der Waals surface area contributed by atoms with Crippen LogP contribution in [0.4, 0.5) is 4.39 Å². The summed E-state index contributed by atoms with van der Waals surface area (Å²) in [4.78, 5) is 2.31. The number of nitrogens with zero attached hydrogens (tertiary/aromatic N) is 1. The van der Waals surface area contributed by atoms with Crippen molar-refractivity contribution >= 4 is 0 Å². The Morgan fingerprint density at radius 3 is 2.50 bits per heavy atom. The standard InChI is InChI=1S/C17H29FN2/c1-4-12-19-17(5-2)7-6-13-20(3)14-15-8-10-16(18)11-9-15/h8-11,17,19H,4-7,12-14H2,1-3H3. The summed E-state index contributed by atoms with van der Waals surface area (Å²) in [6.07, 6.45) is 4.82. The van der Waals surface area contributed by atoms with E-state index in [0.717, 1.165) is 19.6 Å². The Hall–Kier alpha value is -0.930. The van der Waals surface area contributed by atoms with Crippen molar-refractivity contribution in [3.05, 3.63) is 35.6 Å². The minimum atomic E-state index is -0.163. The number of hydrogen-bond donors (Lipinski definition) is 1. The van der Waals surface area contributed by atoms with Gasteiger partial charge in [0.25, 0.3) is 0 Å². The Morgan fingerprint density at radius 2 is 1.90 bits per heavy atom. The van der Waals surface area contributed by atoms with Crippen molar-refractivity contribution in [1.82, 2.24) is 10.2 Å². The molecule has 0 aliphatic carbocycles. The predicted octanol–water partition coefficient (Wildman–Crippen LogP) is 3.82. The van der Waals surface area contributed by atoms with Crippen LogP contribution in [0.1, 0.15) is 45.1 Å². The van der Waals surface area contributed by atoms with Crippen LogP contribution in [0.2, 0.25) is 0 Å². The van der Waals surface area contributed by atoms with E-state index in [1.807, 2.05) is 12.1 Å². The maximum absolute atomic E-state index is 12.8. The first-order valence-corrected chi connectivity index (χ1v) is 7.82. The van der Waals surface area contributed by atoms with Crippen LogP contribution in [0.25, 0.3) is 0 Å². The van der Waals surface area contributed by atoms with Crippen molar-refractivity contribution in [2.75, 3.05) is 20.1 Å². The van der Waals surface area contributed by atoms with Crippen LogP contribution < -0.4 is 5.32 Å². The molecule has 20 heavy (non-hydrogen) atoms. The lowest BCUT2D eigenvalue weighted by molar-refractivity contribution is 0.307. The van der Waals surface area contributed by atoms with Gasteiger partial charge in [-0.1, -0.05) is 26.0 Å². The highest BCUT2D eigenvalue weighted by Gasteiger charge is 2.06. The van der Waals surface area contributed by atoms with Gasteiger partial charge < -0.3 is 10.2 Å². The monoisotopic (exact) mass is 280 g/mol. The molecule has 114 valence electrons.